The first-order valence-corrected chi connectivity index (χ1v) is 9.45. The van der Waals surface area contributed by atoms with E-state index in [0.717, 1.165) is 4.90 Å². The van der Waals surface area contributed by atoms with Crippen LogP contribution in [0.5, 0.6) is 5.75 Å². The molecular weight excluding hydrogens is 396 g/mol. The van der Waals surface area contributed by atoms with Crippen LogP contribution >= 0.6 is 0 Å². The van der Waals surface area contributed by atoms with Gasteiger partial charge in [0.1, 0.15) is 11.8 Å². The summed E-state index contributed by atoms with van der Waals surface area (Å²) in [4.78, 5) is 61.4. The minimum absolute atomic E-state index is 0.0462. The molecule has 1 atom stereocenters. The number of hydrogen-bond acceptors (Lipinski definition) is 8. The minimum atomic E-state index is -1.04. The first-order chi connectivity index (χ1) is 14.4. The predicted octanol–water partition coefficient (Wildman–Crippen LogP) is -1.44. The summed E-state index contributed by atoms with van der Waals surface area (Å²) in [6.07, 6.45) is 0.124. The molecule has 1 saturated heterocycles. The van der Waals surface area contributed by atoms with E-state index in [0.29, 0.717) is 26.3 Å². The molecule has 2 heterocycles. The molecule has 1 aromatic carbocycles. The fourth-order valence-corrected chi connectivity index (χ4v) is 3.19. The Morgan fingerprint density at radius 3 is 2.67 bits per heavy atom. The second-order valence-electron chi connectivity index (χ2n) is 6.69. The summed E-state index contributed by atoms with van der Waals surface area (Å²) in [5.74, 6) is -2.51. The third kappa shape index (κ3) is 4.63. The lowest BCUT2D eigenvalue weighted by molar-refractivity contribution is -0.136. The fraction of sp³-hybridized carbons (Fsp3) is 0.421. The van der Waals surface area contributed by atoms with Gasteiger partial charge in [0.25, 0.3) is 17.7 Å². The van der Waals surface area contributed by atoms with Crippen molar-refractivity contribution in [1.82, 2.24) is 15.5 Å². The SMILES string of the molecule is NCCOCCNC(=O)COc1ccc2c(c1)C(=O)N(C1CCC(=O)NC1=O)C2=O. The Hall–Kier alpha value is -3.31. The van der Waals surface area contributed by atoms with Crippen LogP contribution in [0.25, 0.3) is 0 Å². The van der Waals surface area contributed by atoms with Gasteiger partial charge in [-0.3, -0.25) is 34.2 Å². The highest BCUT2D eigenvalue weighted by atomic mass is 16.5. The van der Waals surface area contributed by atoms with Crippen LogP contribution in [0, 0.1) is 0 Å². The van der Waals surface area contributed by atoms with Crippen molar-refractivity contribution in [3.8, 4) is 5.75 Å². The predicted molar refractivity (Wildman–Crippen MR) is 101 cm³/mol. The lowest BCUT2D eigenvalue weighted by atomic mass is 10.0. The maximum Gasteiger partial charge on any atom is 0.262 e. The van der Waals surface area contributed by atoms with Crippen molar-refractivity contribution in [2.24, 2.45) is 5.73 Å². The lowest BCUT2D eigenvalue weighted by Gasteiger charge is -2.27. The van der Waals surface area contributed by atoms with E-state index in [2.05, 4.69) is 10.6 Å². The number of nitrogens with one attached hydrogen (secondary N) is 2. The number of benzene rings is 1. The van der Waals surface area contributed by atoms with Gasteiger partial charge < -0.3 is 20.5 Å². The molecule has 4 N–H and O–H groups in total. The standard InChI is InChI=1S/C19H22N4O7/c20-5-7-29-8-6-21-16(25)10-30-11-1-2-12-13(9-11)19(28)23(18(12)27)14-3-4-15(24)22-17(14)26/h1-2,9,14H,3-8,10,20H2,(H,21,25)(H,22,24,26). The van der Waals surface area contributed by atoms with Gasteiger partial charge in [0.05, 0.1) is 24.3 Å². The molecule has 0 bridgehead atoms. The molecule has 0 radical (unpaired) electrons. The molecule has 160 valence electrons. The molecule has 11 heteroatoms. The summed E-state index contributed by atoms with van der Waals surface area (Å²) in [6, 6.07) is 3.20. The van der Waals surface area contributed by atoms with E-state index in [1.807, 2.05) is 0 Å². The third-order valence-electron chi connectivity index (χ3n) is 4.61. The van der Waals surface area contributed by atoms with E-state index in [-0.39, 0.29) is 42.2 Å². The number of piperidine rings is 1. The van der Waals surface area contributed by atoms with Gasteiger partial charge in [0.15, 0.2) is 6.61 Å². The molecule has 0 saturated carbocycles. The number of fused-ring (bicyclic) bond motifs is 1. The Morgan fingerprint density at radius 2 is 1.93 bits per heavy atom. The number of carbonyl (C=O) groups is 5. The van der Waals surface area contributed by atoms with Gasteiger partial charge >= 0.3 is 0 Å². The highest BCUT2D eigenvalue weighted by Gasteiger charge is 2.44. The average molecular weight is 418 g/mol. The maximum absolute atomic E-state index is 12.7. The second-order valence-corrected chi connectivity index (χ2v) is 6.69. The number of nitrogens with two attached hydrogens (primary N) is 1. The molecule has 0 aliphatic carbocycles. The van der Waals surface area contributed by atoms with Gasteiger partial charge in [-0.1, -0.05) is 0 Å². The van der Waals surface area contributed by atoms with Crippen LogP contribution in [0.3, 0.4) is 0 Å². The third-order valence-corrected chi connectivity index (χ3v) is 4.61. The van der Waals surface area contributed by atoms with Crippen LogP contribution in [0.4, 0.5) is 0 Å². The molecule has 0 aromatic heterocycles. The quantitative estimate of drug-likeness (QED) is 0.325. The first kappa shape index (κ1) is 21.4. The highest BCUT2D eigenvalue weighted by molar-refractivity contribution is 6.23. The number of nitrogens with zero attached hydrogens (tertiary/aromatic N) is 1. The van der Waals surface area contributed by atoms with Gasteiger partial charge in [0, 0.05) is 19.5 Å². The van der Waals surface area contributed by atoms with Gasteiger partial charge in [-0.25, -0.2) is 0 Å². The van der Waals surface area contributed by atoms with Crippen molar-refractivity contribution < 1.29 is 33.4 Å². The summed E-state index contributed by atoms with van der Waals surface area (Å²) in [5, 5.41) is 4.75. The molecule has 1 aromatic rings. The van der Waals surface area contributed by atoms with Crippen LogP contribution in [0.15, 0.2) is 18.2 Å². The summed E-state index contributed by atoms with van der Waals surface area (Å²) in [7, 11) is 0. The molecular formula is C19H22N4O7. The van der Waals surface area contributed by atoms with E-state index in [4.69, 9.17) is 15.2 Å². The number of imide groups is 2. The van der Waals surface area contributed by atoms with E-state index in [1.165, 1.54) is 18.2 Å². The summed E-state index contributed by atoms with van der Waals surface area (Å²) < 4.78 is 10.5. The van der Waals surface area contributed by atoms with Gasteiger partial charge in [0.2, 0.25) is 11.8 Å². The Bertz CT molecular complexity index is 886. The van der Waals surface area contributed by atoms with E-state index in [9.17, 15) is 24.0 Å². The molecule has 3 rings (SSSR count). The molecule has 1 unspecified atom stereocenters. The number of amides is 5. The highest BCUT2D eigenvalue weighted by Crippen LogP contribution is 2.30. The van der Waals surface area contributed by atoms with Crippen LogP contribution in [0.2, 0.25) is 0 Å². The Kier molecular flexibility index (Phi) is 6.75. The Labute approximate surface area is 171 Å². The minimum Gasteiger partial charge on any atom is -0.484 e. The molecule has 5 amide bonds. The zero-order chi connectivity index (χ0) is 21.7. The van der Waals surface area contributed by atoms with Crippen molar-refractivity contribution >= 4 is 29.5 Å². The maximum atomic E-state index is 12.7. The smallest absolute Gasteiger partial charge is 0.262 e. The largest absolute Gasteiger partial charge is 0.484 e. The van der Waals surface area contributed by atoms with E-state index in [1.54, 1.807) is 0 Å². The zero-order valence-electron chi connectivity index (χ0n) is 16.1. The summed E-state index contributed by atoms with van der Waals surface area (Å²) >= 11 is 0. The molecule has 11 nitrogen and oxygen atoms in total. The lowest BCUT2D eigenvalue weighted by Crippen LogP contribution is -2.54. The molecule has 30 heavy (non-hydrogen) atoms. The molecule has 1 fully saturated rings. The van der Waals surface area contributed by atoms with Crippen molar-refractivity contribution in [3.63, 3.8) is 0 Å². The normalized spacial score (nSPS) is 18.3. The van der Waals surface area contributed by atoms with Crippen molar-refractivity contribution in [3.05, 3.63) is 29.3 Å². The van der Waals surface area contributed by atoms with Crippen LogP contribution in [0.1, 0.15) is 33.6 Å². The van der Waals surface area contributed by atoms with Gasteiger partial charge in [-0.2, -0.15) is 0 Å². The summed E-state index contributed by atoms with van der Waals surface area (Å²) in [5.41, 5.74) is 5.51. The van der Waals surface area contributed by atoms with Gasteiger partial charge in [-0.05, 0) is 24.6 Å². The zero-order valence-corrected chi connectivity index (χ0v) is 16.1. The first-order valence-electron chi connectivity index (χ1n) is 9.45. The summed E-state index contributed by atoms with van der Waals surface area (Å²) in [6.45, 7) is 1.16. The Morgan fingerprint density at radius 1 is 1.17 bits per heavy atom. The number of carbonyl (C=O) groups excluding carboxylic acids is 5. The van der Waals surface area contributed by atoms with Gasteiger partial charge in [-0.15, -0.1) is 0 Å². The van der Waals surface area contributed by atoms with Crippen LogP contribution in [-0.4, -0.2) is 73.4 Å². The van der Waals surface area contributed by atoms with E-state index >= 15 is 0 Å². The average Bonchev–Trinajstić information content (AvgIpc) is 2.96. The molecule has 2 aliphatic rings. The van der Waals surface area contributed by atoms with Crippen molar-refractivity contribution in [1.29, 1.82) is 0 Å². The monoisotopic (exact) mass is 418 g/mol. The van der Waals surface area contributed by atoms with Crippen LogP contribution < -0.4 is 21.1 Å². The number of hydrogen-bond donors (Lipinski definition) is 3. The van der Waals surface area contributed by atoms with Crippen molar-refractivity contribution in [2.45, 2.75) is 18.9 Å². The number of rotatable bonds is 9. The van der Waals surface area contributed by atoms with Crippen LogP contribution in [-0.2, 0) is 19.1 Å². The number of ether oxygens (including phenoxy) is 2. The molecule has 2 aliphatic heterocycles. The second kappa shape index (κ2) is 9.46. The van der Waals surface area contributed by atoms with Crippen molar-refractivity contribution in [2.75, 3.05) is 32.9 Å². The fourth-order valence-electron chi connectivity index (χ4n) is 3.19. The van der Waals surface area contributed by atoms with E-state index < -0.39 is 29.7 Å². The topological polar surface area (TPSA) is 157 Å². The molecule has 0 spiro atoms. The Balaban J connectivity index is 1.59.